The first kappa shape index (κ1) is 29.5. The van der Waals surface area contributed by atoms with E-state index in [2.05, 4.69) is 187 Å². The number of benzene rings is 8. The number of hydrogen-bond donors (Lipinski definition) is 1. The van der Waals surface area contributed by atoms with Crippen LogP contribution in [0.2, 0.25) is 0 Å². The van der Waals surface area contributed by atoms with E-state index in [0.717, 1.165) is 44.4 Å². The summed E-state index contributed by atoms with van der Waals surface area (Å²) in [7, 11) is 0. The van der Waals surface area contributed by atoms with Crippen LogP contribution in [0, 0.1) is 0 Å². The molecule has 2 heterocycles. The Kier molecular flexibility index (Phi) is 7.04. The average Bonchev–Trinajstić information content (AvgIpc) is 3.78. The topological polar surface area (TPSA) is 25.2 Å². The van der Waals surface area contributed by atoms with Crippen LogP contribution in [0.5, 0.6) is 0 Å². The minimum Gasteiger partial charge on any atom is -0.456 e. The van der Waals surface area contributed by atoms with Gasteiger partial charge in [-0.05, 0) is 93.0 Å². The lowest BCUT2D eigenvalue weighted by Crippen LogP contribution is -1.91. The zero-order chi connectivity index (χ0) is 33.7. The first-order valence-electron chi connectivity index (χ1n) is 17.3. The van der Waals surface area contributed by atoms with Crippen LogP contribution in [0.3, 0.4) is 0 Å². The number of nitrogens with one attached hydrogen (secondary N) is 1. The summed E-state index contributed by atoms with van der Waals surface area (Å²) in [6, 6.07) is 64.9. The van der Waals surface area contributed by atoms with Crippen LogP contribution in [0.15, 0.2) is 186 Å². The lowest BCUT2D eigenvalue weighted by Gasteiger charge is -2.13. The Morgan fingerprint density at radius 1 is 0.373 bits per heavy atom. The molecule has 0 saturated carbocycles. The van der Waals surface area contributed by atoms with Crippen LogP contribution in [-0.4, -0.2) is 0 Å². The lowest BCUT2D eigenvalue weighted by molar-refractivity contribution is 0.669. The van der Waals surface area contributed by atoms with Crippen molar-refractivity contribution in [2.45, 2.75) is 0 Å². The maximum atomic E-state index is 6.49. The quantitative estimate of drug-likeness (QED) is 0.191. The predicted octanol–water partition coefficient (Wildman–Crippen LogP) is 14.4. The highest BCUT2D eigenvalue weighted by Crippen LogP contribution is 2.43. The second-order valence-electron chi connectivity index (χ2n) is 12.9. The van der Waals surface area contributed by atoms with Crippen LogP contribution < -0.4 is 5.32 Å². The van der Waals surface area contributed by atoms with Crippen molar-refractivity contribution >= 4 is 64.8 Å². The summed E-state index contributed by atoms with van der Waals surface area (Å²) in [5.41, 5.74) is 13.4. The Bertz CT molecular complexity index is 2880. The van der Waals surface area contributed by atoms with Crippen molar-refractivity contribution in [3.05, 3.63) is 182 Å². The van der Waals surface area contributed by atoms with Crippen LogP contribution in [0.4, 0.5) is 11.4 Å². The van der Waals surface area contributed by atoms with Crippen molar-refractivity contribution in [3.8, 4) is 44.5 Å². The number of rotatable bonds is 6. The predicted molar refractivity (Wildman–Crippen MR) is 218 cm³/mol. The summed E-state index contributed by atoms with van der Waals surface area (Å²) < 4.78 is 9.13. The highest BCUT2D eigenvalue weighted by atomic mass is 32.1. The Labute approximate surface area is 299 Å². The molecule has 0 aliphatic heterocycles. The van der Waals surface area contributed by atoms with Crippen LogP contribution in [0.25, 0.3) is 86.6 Å². The van der Waals surface area contributed by atoms with Crippen molar-refractivity contribution in [1.82, 2.24) is 0 Å². The molecule has 0 atom stereocenters. The largest absolute Gasteiger partial charge is 0.456 e. The number of anilines is 2. The zero-order valence-corrected chi connectivity index (χ0v) is 28.5. The van der Waals surface area contributed by atoms with E-state index in [1.807, 2.05) is 11.3 Å². The molecule has 3 heteroatoms. The minimum atomic E-state index is 0.862. The normalized spacial score (nSPS) is 11.5. The van der Waals surface area contributed by atoms with Gasteiger partial charge in [-0.2, -0.15) is 0 Å². The molecule has 0 aliphatic rings. The molecule has 10 aromatic rings. The lowest BCUT2D eigenvalue weighted by atomic mass is 9.91. The standard InChI is InChI=1S/C48H31NOS/c1-2-12-31(13-3-1)36-16-4-5-17-37(36)33-14-8-15-34(30-33)39-19-9-22-42-47(39)48-41(21-11-23-43(48)50-42)49-35-28-26-32(27-29-35)38-20-10-25-45-46(38)40-18-6-7-24-44(40)51-45/h1-30,49H. The van der Waals surface area contributed by atoms with Gasteiger partial charge in [0.2, 0.25) is 0 Å². The number of hydrogen-bond acceptors (Lipinski definition) is 3. The maximum absolute atomic E-state index is 6.49. The fraction of sp³-hybridized carbons (Fsp3) is 0. The fourth-order valence-electron chi connectivity index (χ4n) is 7.57. The molecule has 0 fully saturated rings. The molecule has 240 valence electrons. The van der Waals surface area contributed by atoms with E-state index in [9.17, 15) is 0 Å². The van der Waals surface area contributed by atoms with Gasteiger partial charge in [-0.15, -0.1) is 11.3 Å². The SMILES string of the molecule is c1ccc(-c2ccccc2-c2cccc(-c3cccc4oc5cccc(Nc6ccc(-c7cccc8sc9ccccc9c78)cc6)c5c34)c2)cc1. The van der Waals surface area contributed by atoms with Crippen LogP contribution >= 0.6 is 11.3 Å². The molecule has 0 bridgehead atoms. The summed E-state index contributed by atoms with van der Waals surface area (Å²) in [6.45, 7) is 0. The molecule has 0 radical (unpaired) electrons. The van der Waals surface area contributed by atoms with Gasteiger partial charge in [-0.1, -0.05) is 133 Å². The summed E-state index contributed by atoms with van der Waals surface area (Å²) in [5.74, 6) is 0. The second kappa shape index (κ2) is 12.2. The molecule has 0 aliphatic carbocycles. The monoisotopic (exact) mass is 669 g/mol. The van der Waals surface area contributed by atoms with Crippen molar-refractivity contribution in [2.24, 2.45) is 0 Å². The van der Waals surface area contributed by atoms with E-state index < -0.39 is 0 Å². The summed E-state index contributed by atoms with van der Waals surface area (Å²) >= 11 is 1.86. The Balaban J connectivity index is 1.04. The Morgan fingerprint density at radius 3 is 1.75 bits per heavy atom. The molecule has 0 spiro atoms. The van der Waals surface area contributed by atoms with E-state index in [0.29, 0.717) is 0 Å². The molecule has 8 aromatic carbocycles. The van der Waals surface area contributed by atoms with Crippen molar-refractivity contribution in [2.75, 3.05) is 5.32 Å². The second-order valence-corrected chi connectivity index (χ2v) is 14.0. The molecule has 0 unspecified atom stereocenters. The fourth-order valence-corrected chi connectivity index (χ4v) is 8.71. The van der Waals surface area contributed by atoms with Gasteiger partial charge in [-0.3, -0.25) is 0 Å². The molecule has 2 nitrogen and oxygen atoms in total. The maximum Gasteiger partial charge on any atom is 0.137 e. The minimum absolute atomic E-state index is 0.862. The number of thiophene rings is 1. The molecule has 1 N–H and O–H groups in total. The average molecular weight is 670 g/mol. The highest BCUT2D eigenvalue weighted by molar-refractivity contribution is 7.25. The summed E-state index contributed by atoms with van der Waals surface area (Å²) in [6.07, 6.45) is 0. The molecular weight excluding hydrogens is 639 g/mol. The van der Waals surface area contributed by atoms with Gasteiger partial charge in [0.15, 0.2) is 0 Å². The molecular formula is C48H31NOS. The van der Waals surface area contributed by atoms with E-state index in [1.54, 1.807) is 0 Å². The number of fused-ring (bicyclic) bond motifs is 6. The molecule has 2 aromatic heterocycles. The molecule has 0 saturated heterocycles. The van der Waals surface area contributed by atoms with E-state index in [1.165, 1.54) is 53.6 Å². The van der Waals surface area contributed by atoms with Crippen molar-refractivity contribution in [3.63, 3.8) is 0 Å². The third-order valence-electron chi connectivity index (χ3n) is 9.90. The van der Waals surface area contributed by atoms with Crippen LogP contribution in [0.1, 0.15) is 0 Å². The number of furan rings is 1. The summed E-state index contributed by atoms with van der Waals surface area (Å²) in [4.78, 5) is 0. The highest BCUT2D eigenvalue weighted by Gasteiger charge is 2.17. The molecule has 10 rings (SSSR count). The van der Waals surface area contributed by atoms with Gasteiger partial charge in [0.1, 0.15) is 11.2 Å². The smallest absolute Gasteiger partial charge is 0.137 e. The first-order chi connectivity index (χ1) is 25.3. The third-order valence-corrected chi connectivity index (χ3v) is 11.0. The zero-order valence-electron chi connectivity index (χ0n) is 27.6. The van der Waals surface area contributed by atoms with Crippen molar-refractivity contribution in [1.29, 1.82) is 0 Å². The van der Waals surface area contributed by atoms with E-state index >= 15 is 0 Å². The van der Waals surface area contributed by atoms with Gasteiger partial charge < -0.3 is 9.73 Å². The van der Waals surface area contributed by atoms with E-state index in [-0.39, 0.29) is 0 Å². The van der Waals surface area contributed by atoms with E-state index in [4.69, 9.17) is 4.42 Å². The van der Waals surface area contributed by atoms with Gasteiger partial charge in [-0.25, -0.2) is 0 Å². The molecule has 0 amide bonds. The molecule has 51 heavy (non-hydrogen) atoms. The van der Waals surface area contributed by atoms with Gasteiger partial charge in [0.05, 0.1) is 11.1 Å². The first-order valence-corrected chi connectivity index (χ1v) is 18.1. The van der Waals surface area contributed by atoms with Gasteiger partial charge in [0.25, 0.3) is 0 Å². The van der Waals surface area contributed by atoms with Gasteiger partial charge >= 0.3 is 0 Å². The Hall–Kier alpha value is -6.42. The Morgan fingerprint density at radius 2 is 0.922 bits per heavy atom. The third kappa shape index (κ3) is 5.10. The van der Waals surface area contributed by atoms with Crippen LogP contribution in [-0.2, 0) is 0 Å². The van der Waals surface area contributed by atoms with Crippen molar-refractivity contribution < 1.29 is 4.42 Å². The summed E-state index contributed by atoms with van der Waals surface area (Å²) in [5, 5.41) is 8.58. The van der Waals surface area contributed by atoms with Gasteiger partial charge in [0, 0.05) is 31.2 Å².